The lowest BCUT2D eigenvalue weighted by molar-refractivity contribution is -0.389. The van der Waals surface area contributed by atoms with E-state index in [0.717, 1.165) is 25.0 Å². The summed E-state index contributed by atoms with van der Waals surface area (Å²) in [5.41, 5.74) is -5.24. The molecule has 36 heavy (non-hydrogen) atoms. The fourth-order valence-electron chi connectivity index (χ4n) is 3.44. The molecule has 198 valence electrons. The first-order valence-electron chi connectivity index (χ1n) is 11.0. The maximum atomic E-state index is 13.6. The van der Waals surface area contributed by atoms with Gasteiger partial charge in [0, 0.05) is 23.9 Å². The molecule has 2 N–H and O–H groups in total. The third-order valence-electron chi connectivity index (χ3n) is 5.39. The van der Waals surface area contributed by atoms with E-state index in [9.17, 15) is 39.6 Å². The van der Waals surface area contributed by atoms with E-state index in [2.05, 4.69) is 14.8 Å². The number of alkyl halides is 6. The number of halogens is 6. The number of rotatable bonds is 10. The van der Waals surface area contributed by atoms with Gasteiger partial charge >= 0.3 is 12.4 Å². The highest BCUT2D eigenvalue weighted by Gasteiger charge is 2.73. The number of carbonyl (C=O) groups excluding carboxylic acids is 1. The molecule has 0 radical (unpaired) electrons. The van der Waals surface area contributed by atoms with Crippen LogP contribution in [0.3, 0.4) is 0 Å². The minimum absolute atomic E-state index is 0.0229. The van der Waals surface area contributed by atoms with E-state index in [4.69, 9.17) is 0 Å². The first kappa shape index (κ1) is 27.9. The molecule has 1 saturated carbocycles. The molecule has 0 aromatic heterocycles. The molecule has 1 aliphatic rings. The van der Waals surface area contributed by atoms with Crippen LogP contribution in [0.4, 0.5) is 32.0 Å². The first-order chi connectivity index (χ1) is 16.7. The first-order valence-corrected chi connectivity index (χ1v) is 12.5. The Balaban J connectivity index is 1.71. The van der Waals surface area contributed by atoms with E-state index in [1.807, 2.05) is 0 Å². The van der Waals surface area contributed by atoms with E-state index in [0.29, 0.717) is 17.7 Å². The van der Waals surface area contributed by atoms with E-state index < -0.39 is 46.1 Å². The lowest BCUT2D eigenvalue weighted by Crippen LogP contribution is -2.56. The number of amides is 1. The zero-order chi connectivity index (χ0) is 26.8. The molecule has 0 bridgehead atoms. The molecule has 0 saturated heterocycles. The fourth-order valence-corrected chi connectivity index (χ4v) is 4.75. The zero-order valence-electron chi connectivity index (χ0n) is 19.0. The van der Waals surface area contributed by atoms with Crippen LogP contribution in [0, 0.1) is 0 Å². The quantitative estimate of drug-likeness (QED) is 0.415. The van der Waals surface area contributed by atoms with Crippen LogP contribution in [0.15, 0.2) is 53.4 Å². The average molecular weight is 539 g/mol. The monoisotopic (exact) mass is 538 g/mol. The summed E-state index contributed by atoms with van der Waals surface area (Å²) in [6.07, 6.45) is -10.3. The van der Waals surface area contributed by atoms with Crippen LogP contribution in [0.1, 0.15) is 37.3 Å². The predicted molar refractivity (Wildman–Crippen MR) is 119 cm³/mol. The molecule has 0 spiro atoms. The van der Waals surface area contributed by atoms with Gasteiger partial charge in [-0.15, -0.1) is 0 Å². The van der Waals surface area contributed by atoms with Crippen molar-refractivity contribution in [2.45, 2.75) is 61.5 Å². The summed E-state index contributed by atoms with van der Waals surface area (Å²) in [6, 6.07) is 8.56. The summed E-state index contributed by atoms with van der Waals surface area (Å²) in [4.78, 5) is 12.4. The highest BCUT2D eigenvalue weighted by molar-refractivity contribution is 7.89. The van der Waals surface area contributed by atoms with Gasteiger partial charge in [0.1, 0.15) is 0 Å². The van der Waals surface area contributed by atoms with E-state index in [-0.39, 0.29) is 29.5 Å². The molecule has 0 unspecified atom stereocenters. The minimum Gasteiger partial charge on any atom is -0.354 e. The van der Waals surface area contributed by atoms with Gasteiger partial charge in [-0.25, -0.2) is 13.1 Å². The summed E-state index contributed by atoms with van der Waals surface area (Å²) in [5, 5.41) is 2.40. The van der Waals surface area contributed by atoms with Gasteiger partial charge in [0.05, 0.1) is 11.3 Å². The van der Waals surface area contributed by atoms with Gasteiger partial charge in [-0.1, -0.05) is 31.2 Å². The van der Waals surface area contributed by atoms with Crippen molar-refractivity contribution in [3.05, 3.63) is 59.7 Å². The molecule has 2 aromatic carbocycles. The molecule has 0 heterocycles. The molecule has 0 aliphatic heterocycles. The number of benzene rings is 2. The maximum absolute atomic E-state index is 13.6. The smallest absolute Gasteiger partial charge is 0.354 e. The topological polar surface area (TPSA) is 84.5 Å². The largest absolute Gasteiger partial charge is 0.430 e. The standard InChI is InChI=1S/C23H24F6N2O4S/c1-2-13-35-21(22(24,25)26,23(27,28)29)16-5-7-17(8-6-16)30-20(32)14-15-3-11-19(12-4-15)36(33,34)31-18-9-10-18/h3-8,11-12,18,31H,2,9-10,13-14H2,1H3,(H,30,32). The van der Waals surface area contributed by atoms with Gasteiger partial charge in [0.25, 0.3) is 5.60 Å². The second-order valence-electron chi connectivity index (χ2n) is 8.37. The summed E-state index contributed by atoms with van der Waals surface area (Å²) in [5.74, 6) is -0.602. The summed E-state index contributed by atoms with van der Waals surface area (Å²) in [7, 11) is -3.66. The molecule has 6 nitrogen and oxygen atoms in total. The average Bonchev–Trinajstić information content (AvgIpc) is 3.57. The third kappa shape index (κ3) is 6.19. The molecule has 1 aliphatic carbocycles. The highest BCUT2D eigenvalue weighted by atomic mass is 32.2. The normalized spacial score (nSPS) is 15.1. The van der Waals surface area contributed by atoms with Gasteiger partial charge in [-0.3, -0.25) is 4.79 Å². The SMILES string of the molecule is CCCOC(c1ccc(NC(=O)Cc2ccc(S(=O)(=O)NC3CC3)cc2)cc1)(C(F)(F)F)C(F)(F)F. The van der Waals surface area contributed by atoms with Gasteiger partial charge in [-0.05, 0) is 49.1 Å². The Kier molecular flexibility index (Phi) is 8.06. The Bertz CT molecular complexity index is 1150. The second kappa shape index (κ2) is 10.4. The Morgan fingerprint density at radius 1 is 0.944 bits per heavy atom. The Morgan fingerprint density at radius 2 is 1.50 bits per heavy atom. The summed E-state index contributed by atoms with van der Waals surface area (Å²) < 4.78 is 113. The van der Waals surface area contributed by atoms with E-state index in [1.165, 1.54) is 31.2 Å². The number of nitrogens with one attached hydrogen (secondary N) is 2. The van der Waals surface area contributed by atoms with Crippen LogP contribution in [0.2, 0.25) is 0 Å². The maximum Gasteiger partial charge on any atom is 0.430 e. The lowest BCUT2D eigenvalue weighted by Gasteiger charge is -2.37. The summed E-state index contributed by atoms with van der Waals surface area (Å²) >= 11 is 0. The molecule has 13 heteroatoms. The van der Waals surface area contributed by atoms with Crippen LogP contribution in [0.5, 0.6) is 0 Å². The molecule has 3 rings (SSSR count). The van der Waals surface area contributed by atoms with Gasteiger partial charge < -0.3 is 10.1 Å². The van der Waals surface area contributed by atoms with E-state index in [1.54, 1.807) is 0 Å². The number of anilines is 1. The number of hydrogen-bond acceptors (Lipinski definition) is 4. The predicted octanol–water partition coefficient (Wildman–Crippen LogP) is 5.06. The summed E-state index contributed by atoms with van der Waals surface area (Å²) in [6.45, 7) is 0.613. The van der Waals surface area contributed by atoms with Crippen molar-refractivity contribution >= 4 is 21.6 Å². The van der Waals surface area contributed by atoms with Crippen molar-refractivity contribution in [2.75, 3.05) is 11.9 Å². The Hall–Kier alpha value is -2.64. The van der Waals surface area contributed by atoms with Crippen LogP contribution in [-0.2, 0) is 31.6 Å². The molecule has 1 fully saturated rings. The van der Waals surface area contributed by atoms with Crippen molar-refractivity contribution in [1.29, 1.82) is 0 Å². The Labute approximate surface area is 204 Å². The van der Waals surface area contributed by atoms with Gasteiger partial charge in [0.2, 0.25) is 15.9 Å². The van der Waals surface area contributed by atoms with Crippen molar-refractivity contribution in [3.63, 3.8) is 0 Å². The van der Waals surface area contributed by atoms with E-state index >= 15 is 0 Å². The zero-order valence-corrected chi connectivity index (χ0v) is 19.9. The Morgan fingerprint density at radius 3 is 1.97 bits per heavy atom. The van der Waals surface area contributed by atoms with Crippen molar-refractivity contribution < 1.29 is 44.3 Å². The molecule has 2 aromatic rings. The lowest BCUT2D eigenvalue weighted by atomic mass is 9.91. The van der Waals surface area contributed by atoms with Crippen LogP contribution in [-0.4, -0.2) is 39.3 Å². The van der Waals surface area contributed by atoms with Crippen LogP contribution >= 0.6 is 0 Å². The van der Waals surface area contributed by atoms with Crippen molar-refractivity contribution in [3.8, 4) is 0 Å². The number of sulfonamides is 1. The number of carbonyl (C=O) groups is 1. The third-order valence-corrected chi connectivity index (χ3v) is 6.93. The second-order valence-corrected chi connectivity index (χ2v) is 10.1. The molecule has 0 atom stereocenters. The van der Waals surface area contributed by atoms with Crippen molar-refractivity contribution in [1.82, 2.24) is 4.72 Å². The van der Waals surface area contributed by atoms with Gasteiger partial charge in [-0.2, -0.15) is 26.3 Å². The molecule has 1 amide bonds. The molecular formula is C23H24F6N2O4S. The van der Waals surface area contributed by atoms with Crippen molar-refractivity contribution in [2.24, 2.45) is 0 Å². The number of hydrogen-bond donors (Lipinski definition) is 2. The highest BCUT2D eigenvalue weighted by Crippen LogP contribution is 2.53. The minimum atomic E-state index is -5.78. The fraction of sp³-hybridized carbons (Fsp3) is 0.435. The van der Waals surface area contributed by atoms with Gasteiger partial charge in [0.15, 0.2) is 0 Å². The van der Waals surface area contributed by atoms with Crippen LogP contribution < -0.4 is 10.0 Å². The molecular weight excluding hydrogens is 514 g/mol. The number of ether oxygens (including phenoxy) is 1. The van der Waals surface area contributed by atoms with Crippen LogP contribution in [0.25, 0.3) is 0 Å².